The molecule has 3 N–H and O–H groups in total. The van der Waals surface area contributed by atoms with Gasteiger partial charge in [0.05, 0.1) is 0 Å². The molecule has 4 nitrogen and oxygen atoms in total. The lowest BCUT2D eigenvalue weighted by Crippen LogP contribution is -2.05. The van der Waals surface area contributed by atoms with E-state index in [4.69, 9.17) is 10.8 Å². The Morgan fingerprint density at radius 2 is 2.25 bits per heavy atom. The van der Waals surface area contributed by atoms with Crippen molar-refractivity contribution in [2.45, 2.75) is 43.4 Å². The average Bonchev–Trinajstić information content (AvgIpc) is 2.23. The summed E-state index contributed by atoms with van der Waals surface area (Å²) in [5.74, 6) is 0.579. The molecule has 1 heterocycles. The standard InChI is InChI=1S/C11H19N3OS/c1-3-4-9-10(12)13-7-14-11(9)16-8(2)5-6-15/h7-8,15H,3-6H2,1-2H3,(H2,12,13,14). The molecule has 0 saturated carbocycles. The van der Waals surface area contributed by atoms with Gasteiger partial charge in [0.15, 0.2) is 0 Å². The van der Waals surface area contributed by atoms with E-state index in [1.807, 2.05) is 0 Å². The van der Waals surface area contributed by atoms with Crippen molar-refractivity contribution < 1.29 is 5.11 Å². The summed E-state index contributed by atoms with van der Waals surface area (Å²) >= 11 is 1.66. The Labute approximate surface area is 101 Å². The van der Waals surface area contributed by atoms with E-state index < -0.39 is 0 Å². The van der Waals surface area contributed by atoms with Crippen LogP contribution in [0.5, 0.6) is 0 Å². The first-order valence-corrected chi connectivity index (χ1v) is 6.43. The summed E-state index contributed by atoms with van der Waals surface area (Å²) in [5.41, 5.74) is 6.88. The van der Waals surface area contributed by atoms with Crippen molar-refractivity contribution in [3.63, 3.8) is 0 Å². The summed E-state index contributed by atoms with van der Waals surface area (Å²) in [7, 11) is 0. The van der Waals surface area contributed by atoms with Gasteiger partial charge in [-0.2, -0.15) is 0 Å². The molecule has 0 spiro atoms. The summed E-state index contributed by atoms with van der Waals surface area (Å²) in [6.07, 6.45) is 4.20. The number of aliphatic hydroxyl groups is 1. The van der Waals surface area contributed by atoms with Crippen molar-refractivity contribution in [1.82, 2.24) is 9.97 Å². The van der Waals surface area contributed by atoms with Crippen molar-refractivity contribution in [3.05, 3.63) is 11.9 Å². The molecule has 90 valence electrons. The van der Waals surface area contributed by atoms with Crippen LogP contribution in [0.15, 0.2) is 11.4 Å². The first-order valence-electron chi connectivity index (χ1n) is 5.55. The molecule has 1 atom stereocenters. The van der Waals surface area contributed by atoms with Crippen molar-refractivity contribution >= 4 is 17.6 Å². The molecular weight excluding hydrogens is 222 g/mol. The zero-order chi connectivity index (χ0) is 12.0. The van der Waals surface area contributed by atoms with Crippen LogP contribution in [-0.2, 0) is 6.42 Å². The minimum Gasteiger partial charge on any atom is -0.396 e. The first-order chi connectivity index (χ1) is 7.69. The van der Waals surface area contributed by atoms with Crippen LogP contribution in [0.25, 0.3) is 0 Å². The van der Waals surface area contributed by atoms with Gasteiger partial charge in [0.25, 0.3) is 0 Å². The van der Waals surface area contributed by atoms with Crippen LogP contribution >= 0.6 is 11.8 Å². The molecule has 0 aromatic carbocycles. The Balaban J connectivity index is 2.81. The number of aliphatic hydroxyl groups excluding tert-OH is 1. The number of hydrogen-bond donors (Lipinski definition) is 2. The van der Waals surface area contributed by atoms with Crippen LogP contribution in [-0.4, -0.2) is 26.9 Å². The van der Waals surface area contributed by atoms with E-state index in [2.05, 4.69) is 23.8 Å². The van der Waals surface area contributed by atoms with Gasteiger partial charge < -0.3 is 10.8 Å². The first kappa shape index (κ1) is 13.3. The van der Waals surface area contributed by atoms with E-state index in [0.717, 1.165) is 29.9 Å². The van der Waals surface area contributed by atoms with Crippen molar-refractivity contribution in [1.29, 1.82) is 0 Å². The molecule has 1 rings (SSSR count). The zero-order valence-electron chi connectivity index (χ0n) is 9.81. The molecule has 1 aromatic rings. The van der Waals surface area contributed by atoms with E-state index in [1.54, 1.807) is 11.8 Å². The quantitative estimate of drug-likeness (QED) is 0.587. The predicted octanol–water partition coefficient (Wildman–Crippen LogP) is 1.87. The summed E-state index contributed by atoms with van der Waals surface area (Å²) in [4.78, 5) is 8.29. The predicted molar refractivity (Wildman–Crippen MR) is 67.5 cm³/mol. The number of hydrogen-bond acceptors (Lipinski definition) is 5. The number of nitrogens with zero attached hydrogens (tertiary/aromatic N) is 2. The molecule has 0 radical (unpaired) electrons. The minimum atomic E-state index is 0.206. The number of rotatable bonds is 6. The molecule has 1 aromatic heterocycles. The van der Waals surface area contributed by atoms with Crippen LogP contribution in [0.4, 0.5) is 5.82 Å². The van der Waals surface area contributed by atoms with Crippen molar-refractivity contribution in [2.24, 2.45) is 0 Å². The van der Waals surface area contributed by atoms with Gasteiger partial charge >= 0.3 is 0 Å². The highest BCUT2D eigenvalue weighted by Gasteiger charge is 2.12. The number of nitrogens with two attached hydrogens (primary N) is 1. The monoisotopic (exact) mass is 241 g/mol. The van der Waals surface area contributed by atoms with Gasteiger partial charge in [-0.05, 0) is 12.8 Å². The lowest BCUT2D eigenvalue weighted by atomic mass is 10.2. The molecule has 0 fully saturated rings. The molecule has 0 aliphatic heterocycles. The van der Waals surface area contributed by atoms with E-state index in [0.29, 0.717) is 11.1 Å². The third-order valence-corrected chi connectivity index (χ3v) is 3.50. The second-order valence-corrected chi connectivity index (χ2v) is 5.16. The Morgan fingerprint density at radius 3 is 2.88 bits per heavy atom. The number of thioether (sulfide) groups is 1. The third-order valence-electron chi connectivity index (χ3n) is 2.29. The van der Waals surface area contributed by atoms with E-state index in [1.165, 1.54) is 6.33 Å². The second kappa shape index (κ2) is 6.70. The number of aromatic nitrogens is 2. The van der Waals surface area contributed by atoms with Gasteiger partial charge in [0.1, 0.15) is 17.2 Å². The molecular formula is C11H19N3OS. The molecule has 0 saturated heterocycles. The summed E-state index contributed by atoms with van der Waals surface area (Å²) in [5, 5.41) is 10.2. The molecule has 1 unspecified atom stereocenters. The lowest BCUT2D eigenvalue weighted by Gasteiger charge is -2.13. The van der Waals surface area contributed by atoms with Gasteiger partial charge in [0, 0.05) is 17.4 Å². The lowest BCUT2D eigenvalue weighted by molar-refractivity contribution is 0.289. The van der Waals surface area contributed by atoms with E-state index in [-0.39, 0.29) is 6.61 Å². The number of nitrogen functional groups attached to an aromatic ring is 1. The van der Waals surface area contributed by atoms with Crippen LogP contribution in [0, 0.1) is 0 Å². The fourth-order valence-corrected chi connectivity index (χ4v) is 2.49. The third kappa shape index (κ3) is 3.64. The van der Waals surface area contributed by atoms with E-state index in [9.17, 15) is 0 Å². The van der Waals surface area contributed by atoms with Crippen LogP contribution in [0.1, 0.15) is 32.3 Å². The summed E-state index contributed by atoms with van der Waals surface area (Å²) < 4.78 is 0. The highest BCUT2D eigenvalue weighted by Crippen LogP contribution is 2.29. The molecule has 0 amide bonds. The summed E-state index contributed by atoms with van der Waals surface area (Å²) in [6.45, 7) is 4.39. The molecule has 5 heteroatoms. The minimum absolute atomic E-state index is 0.206. The maximum absolute atomic E-state index is 8.87. The SMILES string of the molecule is CCCc1c(N)ncnc1SC(C)CCO. The Morgan fingerprint density at radius 1 is 1.50 bits per heavy atom. The normalized spacial score (nSPS) is 12.7. The maximum Gasteiger partial charge on any atom is 0.131 e. The fourth-order valence-electron chi connectivity index (χ4n) is 1.43. The van der Waals surface area contributed by atoms with Gasteiger partial charge in [0.2, 0.25) is 0 Å². The highest BCUT2D eigenvalue weighted by molar-refractivity contribution is 7.99. The Kier molecular flexibility index (Phi) is 5.55. The molecule has 0 aliphatic carbocycles. The molecule has 0 bridgehead atoms. The fraction of sp³-hybridized carbons (Fsp3) is 0.636. The van der Waals surface area contributed by atoms with Crippen LogP contribution in [0.3, 0.4) is 0 Å². The van der Waals surface area contributed by atoms with Crippen molar-refractivity contribution in [3.8, 4) is 0 Å². The van der Waals surface area contributed by atoms with E-state index >= 15 is 0 Å². The smallest absolute Gasteiger partial charge is 0.131 e. The van der Waals surface area contributed by atoms with Gasteiger partial charge in [-0.25, -0.2) is 9.97 Å². The Hall–Kier alpha value is -0.810. The average molecular weight is 241 g/mol. The van der Waals surface area contributed by atoms with Gasteiger partial charge in [-0.15, -0.1) is 11.8 Å². The second-order valence-electron chi connectivity index (χ2n) is 3.73. The zero-order valence-corrected chi connectivity index (χ0v) is 10.6. The maximum atomic E-state index is 8.87. The van der Waals surface area contributed by atoms with Crippen molar-refractivity contribution in [2.75, 3.05) is 12.3 Å². The Bertz CT molecular complexity index is 333. The molecule has 16 heavy (non-hydrogen) atoms. The molecule has 0 aliphatic rings. The largest absolute Gasteiger partial charge is 0.396 e. The van der Waals surface area contributed by atoms with Crippen LogP contribution < -0.4 is 5.73 Å². The van der Waals surface area contributed by atoms with Gasteiger partial charge in [-0.1, -0.05) is 20.3 Å². The topological polar surface area (TPSA) is 72.0 Å². The summed E-state index contributed by atoms with van der Waals surface area (Å²) in [6, 6.07) is 0. The number of anilines is 1. The van der Waals surface area contributed by atoms with Gasteiger partial charge in [-0.3, -0.25) is 0 Å². The highest BCUT2D eigenvalue weighted by atomic mass is 32.2. The van der Waals surface area contributed by atoms with Crippen LogP contribution in [0.2, 0.25) is 0 Å².